The third kappa shape index (κ3) is 3.26. The van der Waals surface area contributed by atoms with Gasteiger partial charge in [-0.05, 0) is 31.7 Å². The highest BCUT2D eigenvalue weighted by Gasteiger charge is 2.12. The van der Waals surface area contributed by atoms with E-state index in [1.165, 1.54) is 11.1 Å². The third-order valence-electron chi connectivity index (χ3n) is 3.00. The summed E-state index contributed by atoms with van der Waals surface area (Å²) in [5.41, 5.74) is 9.07. The number of rotatable bonds is 3. The first kappa shape index (κ1) is 12.5. The number of primary amides is 1. The smallest absolute Gasteiger partial charge is 0.264 e. The van der Waals surface area contributed by atoms with Crippen LogP contribution in [0.1, 0.15) is 30.4 Å². The predicted molar refractivity (Wildman–Crippen MR) is 72.8 cm³/mol. The molecule has 4 heteroatoms. The zero-order valence-electron chi connectivity index (χ0n) is 10.5. The Morgan fingerprint density at radius 2 is 1.94 bits per heavy atom. The molecule has 94 valence electrons. The number of nitrogens with zero attached hydrogens (tertiary/aromatic N) is 2. The summed E-state index contributed by atoms with van der Waals surface area (Å²) in [7, 11) is 0. The average molecular weight is 243 g/mol. The Morgan fingerprint density at radius 1 is 1.22 bits per heavy atom. The topological polar surface area (TPSA) is 67.8 Å². The number of aryl methyl sites for hydroxylation is 1. The lowest BCUT2D eigenvalue weighted by molar-refractivity contribution is -0.112. The van der Waals surface area contributed by atoms with Gasteiger partial charge in [0, 0.05) is 12.1 Å². The van der Waals surface area contributed by atoms with Gasteiger partial charge in [0.2, 0.25) is 0 Å². The second-order valence-corrected chi connectivity index (χ2v) is 4.59. The van der Waals surface area contributed by atoms with Crippen molar-refractivity contribution in [3.8, 4) is 0 Å². The molecule has 1 aliphatic heterocycles. The van der Waals surface area contributed by atoms with Crippen LogP contribution < -0.4 is 5.73 Å². The van der Waals surface area contributed by atoms with Crippen LogP contribution in [0.3, 0.4) is 0 Å². The van der Waals surface area contributed by atoms with Gasteiger partial charge in [-0.1, -0.05) is 29.8 Å². The monoisotopic (exact) mass is 243 g/mol. The van der Waals surface area contributed by atoms with Crippen molar-refractivity contribution in [2.45, 2.75) is 32.6 Å². The maximum Gasteiger partial charge on any atom is 0.264 e. The summed E-state index contributed by atoms with van der Waals surface area (Å²) >= 11 is 0. The minimum absolute atomic E-state index is 0.383. The Balaban J connectivity index is 2.09. The average Bonchev–Trinajstić information content (AvgIpc) is 2.58. The third-order valence-corrected chi connectivity index (χ3v) is 3.00. The number of hydrogen-bond acceptors (Lipinski definition) is 3. The normalized spacial score (nSPS) is 15.6. The summed E-state index contributed by atoms with van der Waals surface area (Å²) < 4.78 is 0. The largest absolute Gasteiger partial charge is 0.364 e. The van der Waals surface area contributed by atoms with Crippen molar-refractivity contribution in [2.24, 2.45) is 15.9 Å². The summed E-state index contributed by atoms with van der Waals surface area (Å²) in [6.45, 7) is 2.07. The minimum atomic E-state index is -0.463. The van der Waals surface area contributed by atoms with E-state index in [0.717, 1.165) is 25.0 Å². The molecule has 18 heavy (non-hydrogen) atoms. The van der Waals surface area contributed by atoms with Crippen molar-refractivity contribution >= 4 is 17.3 Å². The van der Waals surface area contributed by atoms with Crippen molar-refractivity contribution in [3.05, 3.63) is 35.4 Å². The van der Waals surface area contributed by atoms with E-state index in [2.05, 4.69) is 41.4 Å². The highest BCUT2D eigenvalue weighted by Crippen LogP contribution is 2.11. The number of nitrogens with two attached hydrogens (primary N) is 1. The van der Waals surface area contributed by atoms with Gasteiger partial charge >= 0.3 is 0 Å². The van der Waals surface area contributed by atoms with E-state index in [-0.39, 0.29) is 0 Å². The van der Waals surface area contributed by atoms with E-state index in [1.54, 1.807) is 0 Å². The Labute approximate surface area is 107 Å². The molecule has 1 heterocycles. The van der Waals surface area contributed by atoms with Crippen LogP contribution in [0.15, 0.2) is 34.5 Å². The van der Waals surface area contributed by atoms with Crippen LogP contribution in [0, 0.1) is 6.92 Å². The number of carbonyl (C=O) groups is 1. The van der Waals surface area contributed by atoms with Gasteiger partial charge in [-0.25, -0.2) is 0 Å². The van der Waals surface area contributed by atoms with Crippen LogP contribution in [0.25, 0.3) is 0 Å². The van der Waals surface area contributed by atoms with Crippen molar-refractivity contribution in [1.82, 2.24) is 0 Å². The van der Waals surface area contributed by atoms with Crippen molar-refractivity contribution in [1.29, 1.82) is 0 Å². The van der Waals surface area contributed by atoms with Gasteiger partial charge in [-0.15, -0.1) is 5.10 Å². The second kappa shape index (κ2) is 5.58. The summed E-state index contributed by atoms with van der Waals surface area (Å²) in [5, 5.41) is 8.10. The maximum atomic E-state index is 11.0. The van der Waals surface area contributed by atoms with Crippen LogP contribution in [0.4, 0.5) is 0 Å². The predicted octanol–water partition coefficient (Wildman–Crippen LogP) is 2.00. The SMILES string of the molecule is Cc1ccc(CC2=NN=C(C(N)=O)CCC2)cc1. The quantitative estimate of drug-likeness (QED) is 0.866. The molecule has 4 nitrogen and oxygen atoms in total. The van der Waals surface area contributed by atoms with Crippen molar-refractivity contribution < 1.29 is 4.79 Å². The molecule has 0 spiro atoms. The standard InChI is InChI=1S/C14H17N3O/c1-10-5-7-11(8-6-10)9-12-3-2-4-13(14(15)18)17-16-12/h5-8H,2-4,9H2,1H3,(H2,15,18). The zero-order valence-corrected chi connectivity index (χ0v) is 10.5. The molecule has 0 saturated heterocycles. The summed E-state index contributed by atoms with van der Waals surface area (Å²) in [4.78, 5) is 11.0. The molecule has 2 rings (SSSR count). The van der Waals surface area contributed by atoms with Crippen LogP contribution in [0.5, 0.6) is 0 Å². The fourth-order valence-electron chi connectivity index (χ4n) is 1.93. The number of amides is 1. The minimum Gasteiger partial charge on any atom is -0.364 e. The Kier molecular flexibility index (Phi) is 3.87. The molecule has 0 saturated carbocycles. The van der Waals surface area contributed by atoms with Crippen LogP contribution in [-0.4, -0.2) is 17.3 Å². The van der Waals surface area contributed by atoms with Gasteiger partial charge in [0.15, 0.2) is 0 Å². The van der Waals surface area contributed by atoms with Gasteiger partial charge in [-0.2, -0.15) is 5.10 Å². The van der Waals surface area contributed by atoms with Gasteiger partial charge in [-0.3, -0.25) is 4.79 Å². The molecule has 0 fully saturated rings. The maximum absolute atomic E-state index is 11.0. The lowest BCUT2D eigenvalue weighted by Gasteiger charge is -2.03. The molecule has 1 aromatic carbocycles. The summed E-state index contributed by atoms with van der Waals surface area (Å²) in [6.07, 6.45) is 3.16. The second-order valence-electron chi connectivity index (χ2n) is 4.59. The molecule has 2 N–H and O–H groups in total. The molecule has 1 aliphatic rings. The number of hydrogen-bond donors (Lipinski definition) is 1. The molecule has 0 aromatic heterocycles. The highest BCUT2D eigenvalue weighted by molar-refractivity contribution is 6.38. The summed E-state index contributed by atoms with van der Waals surface area (Å²) in [6, 6.07) is 8.37. The van der Waals surface area contributed by atoms with Gasteiger partial charge in [0.25, 0.3) is 5.91 Å². The van der Waals surface area contributed by atoms with E-state index >= 15 is 0 Å². The van der Waals surface area contributed by atoms with Crippen LogP contribution >= 0.6 is 0 Å². The molecule has 0 unspecified atom stereocenters. The zero-order chi connectivity index (χ0) is 13.0. The lowest BCUT2D eigenvalue weighted by Crippen LogP contribution is -2.22. The Bertz CT molecular complexity index is 500. The molecule has 1 aromatic rings. The van der Waals surface area contributed by atoms with E-state index in [4.69, 9.17) is 5.73 Å². The number of carbonyl (C=O) groups excluding carboxylic acids is 1. The van der Waals surface area contributed by atoms with Crippen molar-refractivity contribution in [2.75, 3.05) is 0 Å². The van der Waals surface area contributed by atoms with E-state index in [0.29, 0.717) is 12.1 Å². The fraction of sp³-hybridized carbons (Fsp3) is 0.357. The van der Waals surface area contributed by atoms with Gasteiger partial charge < -0.3 is 5.73 Å². The molecule has 0 bridgehead atoms. The first-order valence-corrected chi connectivity index (χ1v) is 6.13. The van der Waals surface area contributed by atoms with Gasteiger partial charge in [0.1, 0.15) is 5.71 Å². The Morgan fingerprint density at radius 3 is 2.61 bits per heavy atom. The van der Waals surface area contributed by atoms with E-state index in [1.807, 2.05) is 0 Å². The molecule has 0 atom stereocenters. The molecule has 0 radical (unpaired) electrons. The van der Waals surface area contributed by atoms with E-state index < -0.39 is 5.91 Å². The van der Waals surface area contributed by atoms with E-state index in [9.17, 15) is 4.79 Å². The molecule has 0 aliphatic carbocycles. The number of benzene rings is 1. The molecular formula is C14H17N3O. The fourth-order valence-corrected chi connectivity index (χ4v) is 1.93. The first-order chi connectivity index (χ1) is 8.65. The van der Waals surface area contributed by atoms with Gasteiger partial charge in [0.05, 0.1) is 0 Å². The first-order valence-electron chi connectivity index (χ1n) is 6.13. The van der Waals surface area contributed by atoms with Crippen molar-refractivity contribution in [3.63, 3.8) is 0 Å². The highest BCUT2D eigenvalue weighted by atomic mass is 16.1. The Hall–Kier alpha value is -1.97. The summed E-state index contributed by atoms with van der Waals surface area (Å²) in [5.74, 6) is -0.463. The van der Waals surface area contributed by atoms with Crippen LogP contribution in [-0.2, 0) is 11.2 Å². The molecule has 1 amide bonds. The molecular weight excluding hydrogens is 226 g/mol. The lowest BCUT2D eigenvalue weighted by atomic mass is 10.0. The van der Waals surface area contributed by atoms with Crippen LogP contribution in [0.2, 0.25) is 0 Å².